The summed E-state index contributed by atoms with van der Waals surface area (Å²) >= 11 is 0. The first kappa shape index (κ1) is 15.5. The van der Waals surface area contributed by atoms with Crippen molar-refractivity contribution in [3.63, 3.8) is 0 Å². The highest BCUT2D eigenvalue weighted by molar-refractivity contribution is 7.91. The maximum atomic E-state index is 11.3. The smallest absolute Gasteiger partial charge is 0.150 e. The van der Waals surface area contributed by atoms with Crippen LogP contribution in [0.1, 0.15) is 25.8 Å². The van der Waals surface area contributed by atoms with E-state index >= 15 is 0 Å². The molecule has 0 aliphatic heterocycles. The van der Waals surface area contributed by atoms with Gasteiger partial charge in [0.1, 0.15) is 15.6 Å². The number of sulfone groups is 1. The highest BCUT2D eigenvalue weighted by Gasteiger charge is 2.06. The van der Waals surface area contributed by atoms with Crippen molar-refractivity contribution in [3.8, 4) is 5.75 Å². The number of hydrogen-bond acceptors (Lipinski definition) is 5. The van der Waals surface area contributed by atoms with Gasteiger partial charge in [0.05, 0.1) is 18.1 Å². The van der Waals surface area contributed by atoms with E-state index in [1.54, 1.807) is 38.1 Å². The predicted octanol–water partition coefficient (Wildman–Crippen LogP) is 2.09. The maximum absolute atomic E-state index is 11.3. The summed E-state index contributed by atoms with van der Waals surface area (Å²) in [4.78, 5) is 0. The minimum atomic E-state index is -2.92. The molecule has 0 aliphatic carbocycles. The fraction of sp³-hybridized carbons (Fsp3) is 0.462. The second-order valence-electron chi connectivity index (χ2n) is 4.15. The van der Waals surface area contributed by atoms with Crippen LogP contribution >= 0.6 is 0 Å². The Kier molecular flexibility index (Phi) is 5.82. The standard InChI is InChI=1S/C13H19NO4S/c1-3-19(16,17)10-4-9-18-13-7-5-12(6-8-13)11(2)14-15/h5-8,15H,3-4,9-10H2,1-2H3. The van der Waals surface area contributed by atoms with Gasteiger partial charge in [-0.1, -0.05) is 12.1 Å². The average Bonchev–Trinajstić information content (AvgIpc) is 2.43. The van der Waals surface area contributed by atoms with Gasteiger partial charge in [-0.2, -0.15) is 0 Å². The van der Waals surface area contributed by atoms with Gasteiger partial charge in [0.15, 0.2) is 0 Å². The van der Waals surface area contributed by atoms with Crippen LogP contribution in [-0.2, 0) is 9.84 Å². The summed E-state index contributed by atoms with van der Waals surface area (Å²) in [5, 5.41) is 11.7. The summed E-state index contributed by atoms with van der Waals surface area (Å²) in [6.45, 7) is 3.71. The Morgan fingerprint density at radius 3 is 2.47 bits per heavy atom. The molecule has 0 radical (unpaired) electrons. The van der Waals surface area contributed by atoms with Gasteiger partial charge in [-0.3, -0.25) is 0 Å². The Labute approximate surface area is 113 Å². The molecule has 0 saturated carbocycles. The lowest BCUT2D eigenvalue weighted by molar-refractivity contribution is 0.317. The molecule has 0 atom stereocenters. The molecule has 1 aromatic rings. The van der Waals surface area contributed by atoms with E-state index in [9.17, 15) is 8.42 Å². The van der Waals surface area contributed by atoms with Crippen LogP contribution < -0.4 is 4.74 Å². The number of benzene rings is 1. The molecule has 0 amide bonds. The average molecular weight is 285 g/mol. The van der Waals surface area contributed by atoms with Crippen molar-refractivity contribution in [2.24, 2.45) is 5.16 Å². The monoisotopic (exact) mass is 285 g/mol. The Bertz CT molecular complexity index is 520. The summed E-state index contributed by atoms with van der Waals surface area (Å²) in [6.07, 6.45) is 0.481. The summed E-state index contributed by atoms with van der Waals surface area (Å²) < 4.78 is 28.0. The Morgan fingerprint density at radius 1 is 1.32 bits per heavy atom. The van der Waals surface area contributed by atoms with Gasteiger partial charge in [0, 0.05) is 5.75 Å². The van der Waals surface area contributed by atoms with Crippen molar-refractivity contribution in [2.45, 2.75) is 20.3 Å². The van der Waals surface area contributed by atoms with Crippen LogP contribution in [-0.4, -0.2) is 37.4 Å². The molecule has 6 heteroatoms. The first-order valence-electron chi connectivity index (χ1n) is 6.11. The topological polar surface area (TPSA) is 76.0 Å². The molecule has 5 nitrogen and oxygen atoms in total. The minimum absolute atomic E-state index is 0.151. The van der Waals surface area contributed by atoms with E-state index in [0.717, 1.165) is 5.56 Å². The van der Waals surface area contributed by atoms with Gasteiger partial charge < -0.3 is 9.94 Å². The number of ether oxygens (including phenoxy) is 1. The third kappa shape index (κ3) is 5.30. The fourth-order valence-electron chi connectivity index (χ4n) is 1.46. The molecular weight excluding hydrogens is 266 g/mol. The number of nitrogens with zero attached hydrogens (tertiary/aromatic N) is 1. The third-order valence-electron chi connectivity index (χ3n) is 2.73. The Hall–Kier alpha value is -1.56. The molecule has 106 valence electrons. The number of hydrogen-bond donors (Lipinski definition) is 1. The van der Waals surface area contributed by atoms with Crippen LogP contribution in [0.4, 0.5) is 0 Å². The van der Waals surface area contributed by atoms with E-state index in [-0.39, 0.29) is 11.5 Å². The van der Waals surface area contributed by atoms with Crippen molar-refractivity contribution in [3.05, 3.63) is 29.8 Å². The number of rotatable bonds is 7. The van der Waals surface area contributed by atoms with Crippen LogP contribution in [0.15, 0.2) is 29.4 Å². The van der Waals surface area contributed by atoms with Gasteiger partial charge >= 0.3 is 0 Å². The first-order chi connectivity index (χ1) is 8.98. The van der Waals surface area contributed by atoms with Gasteiger partial charge in [-0.25, -0.2) is 8.42 Å². The van der Waals surface area contributed by atoms with Crippen LogP contribution in [0.3, 0.4) is 0 Å². The van der Waals surface area contributed by atoms with Gasteiger partial charge in [-0.05, 0) is 43.2 Å². The van der Waals surface area contributed by atoms with Crippen molar-refractivity contribution in [1.82, 2.24) is 0 Å². The second-order valence-corrected chi connectivity index (χ2v) is 6.62. The zero-order chi connectivity index (χ0) is 14.3. The predicted molar refractivity (Wildman–Crippen MR) is 74.9 cm³/mol. The highest BCUT2D eigenvalue weighted by atomic mass is 32.2. The van der Waals surface area contributed by atoms with E-state index < -0.39 is 9.84 Å². The van der Waals surface area contributed by atoms with Gasteiger partial charge in [0.2, 0.25) is 0 Å². The molecular formula is C13H19NO4S. The maximum Gasteiger partial charge on any atom is 0.150 e. The zero-order valence-corrected chi connectivity index (χ0v) is 12.0. The van der Waals surface area contributed by atoms with Crippen molar-refractivity contribution >= 4 is 15.5 Å². The van der Waals surface area contributed by atoms with Crippen LogP contribution in [0.25, 0.3) is 0 Å². The Morgan fingerprint density at radius 2 is 1.95 bits per heavy atom. The lowest BCUT2D eigenvalue weighted by Gasteiger charge is -2.07. The molecule has 0 aromatic heterocycles. The first-order valence-corrected chi connectivity index (χ1v) is 7.93. The van der Waals surface area contributed by atoms with E-state index in [2.05, 4.69) is 5.16 Å². The lowest BCUT2D eigenvalue weighted by Crippen LogP contribution is -2.11. The molecule has 0 saturated heterocycles. The SMILES string of the molecule is CCS(=O)(=O)CCCOc1ccc(C(C)=NO)cc1. The molecule has 0 fully saturated rings. The summed E-state index contributed by atoms with van der Waals surface area (Å²) in [6, 6.07) is 7.09. The third-order valence-corrected chi connectivity index (χ3v) is 4.52. The quantitative estimate of drug-likeness (QED) is 0.360. The minimum Gasteiger partial charge on any atom is -0.494 e. The molecule has 0 heterocycles. The van der Waals surface area contributed by atoms with Crippen LogP contribution in [0.2, 0.25) is 0 Å². The molecule has 0 aliphatic rings. The molecule has 1 rings (SSSR count). The van der Waals surface area contributed by atoms with E-state index in [0.29, 0.717) is 24.5 Å². The summed E-state index contributed by atoms with van der Waals surface area (Å²) in [5.41, 5.74) is 1.34. The van der Waals surface area contributed by atoms with Crippen LogP contribution in [0.5, 0.6) is 5.75 Å². The molecule has 19 heavy (non-hydrogen) atoms. The normalized spacial score (nSPS) is 12.4. The molecule has 0 unspecified atom stereocenters. The molecule has 1 aromatic carbocycles. The van der Waals surface area contributed by atoms with Crippen LogP contribution in [0, 0.1) is 0 Å². The highest BCUT2D eigenvalue weighted by Crippen LogP contribution is 2.13. The molecule has 0 bridgehead atoms. The largest absolute Gasteiger partial charge is 0.494 e. The summed E-state index contributed by atoms with van der Waals surface area (Å²) in [5.74, 6) is 0.989. The fourth-order valence-corrected chi connectivity index (χ4v) is 2.31. The van der Waals surface area contributed by atoms with E-state index in [1.807, 2.05) is 0 Å². The Balaban J connectivity index is 2.43. The zero-order valence-electron chi connectivity index (χ0n) is 11.2. The van der Waals surface area contributed by atoms with Gasteiger partial charge in [-0.15, -0.1) is 0 Å². The number of oxime groups is 1. The second kappa shape index (κ2) is 7.13. The lowest BCUT2D eigenvalue weighted by atomic mass is 10.1. The van der Waals surface area contributed by atoms with Gasteiger partial charge in [0.25, 0.3) is 0 Å². The van der Waals surface area contributed by atoms with Crippen molar-refractivity contribution in [1.29, 1.82) is 0 Å². The van der Waals surface area contributed by atoms with Crippen molar-refractivity contribution < 1.29 is 18.4 Å². The van der Waals surface area contributed by atoms with E-state index in [4.69, 9.17) is 9.94 Å². The van der Waals surface area contributed by atoms with Crippen molar-refractivity contribution in [2.75, 3.05) is 18.1 Å². The molecule has 1 N–H and O–H groups in total. The summed E-state index contributed by atoms with van der Waals surface area (Å²) in [7, 11) is -2.92. The van der Waals surface area contributed by atoms with E-state index in [1.165, 1.54) is 0 Å². The molecule has 0 spiro atoms.